The zero-order chi connectivity index (χ0) is 13.0. The molecule has 0 aliphatic rings. The van der Waals surface area contributed by atoms with Gasteiger partial charge in [0.05, 0.1) is 6.42 Å². The van der Waals surface area contributed by atoms with Crippen LogP contribution < -0.4 is 5.73 Å². The summed E-state index contributed by atoms with van der Waals surface area (Å²) < 4.78 is 1.74. The van der Waals surface area contributed by atoms with Crippen LogP contribution in [-0.4, -0.2) is 20.5 Å². The number of rotatable bonds is 5. The van der Waals surface area contributed by atoms with Crippen LogP contribution in [0.3, 0.4) is 0 Å². The Morgan fingerprint density at radius 3 is 2.67 bits per heavy atom. The van der Waals surface area contributed by atoms with Crippen LogP contribution in [-0.2, 0) is 24.2 Å². The molecule has 1 aromatic carbocycles. The first-order valence-corrected chi connectivity index (χ1v) is 5.92. The number of aromatic nitrogens is 3. The number of carbonyl (C=O) groups is 1. The number of nitrogens with two attached hydrogens (primary N) is 1. The molecule has 0 bridgehead atoms. The van der Waals surface area contributed by atoms with E-state index in [9.17, 15) is 4.79 Å². The Balaban J connectivity index is 1.99. The van der Waals surface area contributed by atoms with Gasteiger partial charge in [-0.3, -0.25) is 4.79 Å². The molecule has 1 heterocycles. The molecule has 0 radical (unpaired) electrons. The molecule has 2 rings (SSSR count). The van der Waals surface area contributed by atoms with E-state index >= 15 is 0 Å². The van der Waals surface area contributed by atoms with Crippen molar-refractivity contribution in [3.05, 3.63) is 42.0 Å². The van der Waals surface area contributed by atoms with Gasteiger partial charge in [0.1, 0.15) is 17.9 Å². The number of carbonyl (C=O) groups excluding carboxylic acids is 1. The Bertz CT molecular complexity index is 530. The van der Waals surface area contributed by atoms with Crippen molar-refractivity contribution < 1.29 is 4.79 Å². The van der Waals surface area contributed by atoms with Gasteiger partial charge in [-0.15, -0.1) is 0 Å². The van der Waals surface area contributed by atoms with Crippen molar-refractivity contribution in [1.29, 1.82) is 0 Å². The molecule has 0 amide bonds. The summed E-state index contributed by atoms with van der Waals surface area (Å²) >= 11 is 0. The van der Waals surface area contributed by atoms with Crippen molar-refractivity contribution in [2.45, 2.75) is 26.3 Å². The van der Waals surface area contributed by atoms with Gasteiger partial charge in [0.15, 0.2) is 0 Å². The second kappa shape index (κ2) is 5.44. The van der Waals surface area contributed by atoms with Gasteiger partial charge in [0.2, 0.25) is 0 Å². The van der Waals surface area contributed by atoms with E-state index in [4.69, 9.17) is 5.73 Å². The molecule has 0 aliphatic heterocycles. The van der Waals surface area contributed by atoms with Crippen LogP contribution in [0.2, 0.25) is 0 Å². The molecule has 94 valence electrons. The highest BCUT2D eigenvalue weighted by Crippen LogP contribution is 2.08. The smallest absolute Gasteiger partial charge is 0.144 e. The van der Waals surface area contributed by atoms with Crippen LogP contribution in [0.4, 0.5) is 5.69 Å². The van der Waals surface area contributed by atoms with Crippen LogP contribution in [0.15, 0.2) is 30.6 Å². The highest BCUT2D eigenvalue weighted by atomic mass is 16.1. The van der Waals surface area contributed by atoms with Crippen molar-refractivity contribution >= 4 is 11.5 Å². The third-order valence-corrected chi connectivity index (χ3v) is 2.73. The molecule has 2 N–H and O–H groups in total. The maximum atomic E-state index is 11.9. The third-order valence-electron chi connectivity index (χ3n) is 2.73. The Morgan fingerprint density at radius 2 is 2.00 bits per heavy atom. The van der Waals surface area contributed by atoms with Gasteiger partial charge in [-0.2, -0.15) is 5.10 Å². The van der Waals surface area contributed by atoms with Crippen molar-refractivity contribution in [2.24, 2.45) is 0 Å². The Kier molecular flexibility index (Phi) is 3.72. The predicted molar refractivity (Wildman–Crippen MR) is 69.0 cm³/mol. The second-order valence-corrected chi connectivity index (χ2v) is 4.13. The highest BCUT2D eigenvalue weighted by molar-refractivity contribution is 5.82. The van der Waals surface area contributed by atoms with Gasteiger partial charge < -0.3 is 5.73 Å². The van der Waals surface area contributed by atoms with Crippen molar-refractivity contribution in [1.82, 2.24) is 14.8 Å². The van der Waals surface area contributed by atoms with E-state index in [1.54, 1.807) is 16.8 Å². The average Bonchev–Trinajstić information content (AvgIpc) is 2.79. The Morgan fingerprint density at radius 1 is 1.28 bits per heavy atom. The van der Waals surface area contributed by atoms with E-state index in [0.717, 1.165) is 17.9 Å². The van der Waals surface area contributed by atoms with Crippen LogP contribution in [0, 0.1) is 0 Å². The van der Waals surface area contributed by atoms with Crippen molar-refractivity contribution in [2.75, 3.05) is 5.73 Å². The lowest BCUT2D eigenvalue weighted by molar-refractivity contribution is -0.117. The second-order valence-electron chi connectivity index (χ2n) is 4.13. The van der Waals surface area contributed by atoms with E-state index in [0.29, 0.717) is 18.5 Å². The topological polar surface area (TPSA) is 73.8 Å². The number of nitrogens with zero attached hydrogens (tertiary/aromatic N) is 3. The summed E-state index contributed by atoms with van der Waals surface area (Å²) in [5, 5.41) is 4.04. The molecule has 0 spiro atoms. The van der Waals surface area contributed by atoms with Gasteiger partial charge >= 0.3 is 0 Å². The molecule has 5 heteroatoms. The molecule has 0 unspecified atom stereocenters. The number of Topliss-reactive ketones (excluding diaryl/α,β-unsaturated/α-hetero) is 1. The monoisotopic (exact) mass is 244 g/mol. The summed E-state index contributed by atoms with van der Waals surface area (Å²) in [6.07, 6.45) is 2.20. The minimum absolute atomic E-state index is 0.127. The molecule has 2 aromatic rings. The number of hydrogen-bond donors (Lipinski definition) is 1. The minimum atomic E-state index is 0.127. The van der Waals surface area contributed by atoms with Crippen LogP contribution >= 0.6 is 0 Å². The molecule has 0 aliphatic carbocycles. The largest absolute Gasteiger partial charge is 0.399 e. The SMILES string of the molecule is CCn1ncnc1CC(=O)Cc1ccc(N)cc1. The van der Waals surface area contributed by atoms with E-state index in [-0.39, 0.29) is 5.78 Å². The zero-order valence-electron chi connectivity index (χ0n) is 10.3. The van der Waals surface area contributed by atoms with E-state index in [2.05, 4.69) is 10.1 Å². The lowest BCUT2D eigenvalue weighted by Gasteiger charge is -2.03. The van der Waals surface area contributed by atoms with Crippen molar-refractivity contribution in [3.63, 3.8) is 0 Å². The maximum Gasteiger partial charge on any atom is 0.144 e. The van der Waals surface area contributed by atoms with Crippen LogP contribution in [0.5, 0.6) is 0 Å². The maximum absolute atomic E-state index is 11.9. The summed E-state index contributed by atoms with van der Waals surface area (Å²) in [4.78, 5) is 16.0. The molecular weight excluding hydrogens is 228 g/mol. The molecule has 1 aromatic heterocycles. The van der Waals surface area contributed by atoms with E-state index in [1.807, 2.05) is 19.1 Å². The lowest BCUT2D eigenvalue weighted by Crippen LogP contribution is -2.12. The first-order valence-electron chi connectivity index (χ1n) is 5.92. The highest BCUT2D eigenvalue weighted by Gasteiger charge is 2.10. The minimum Gasteiger partial charge on any atom is -0.399 e. The normalized spacial score (nSPS) is 10.5. The van der Waals surface area contributed by atoms with E-state index in [1.165, 1.54) is 6.33 Å². The summed E-state index contributed by atoms with van der Waals surface area (Å²) in [5.41, 5.74) is 7.27. The zero-order valence-corrected chi connectivity index (χ0v) is 10.3. The van der Waals surface area contributed by atoms with Crippen LogP contribution in [0.25, 0.3) is 0 Å². The molecular formula is C13H16N4O. The predicted octanol–water partition coefficient (Wildman–Crippen LogP) is 1.23. The average molecular weight is 244 g/mol. The van der Waals surface area contributed by atoms with Gasteiger partial charge in [-0.25, -0.2) is 9.67 Å². The summed E-state index contributed by atoms with van der Waals surface area (Å²) in [6.45, 7) is 2.70. The fourth-order valence-corrected chi connectivity index (χ4v) is 1.79. The molecule has 5 nitrogen and oxygen atoms in total. The Hall–Kier alpha value is -2.17. The van der Waals surface area contributed by atoms with Gasteiger partial charge in [-0.1, -0.05) is 12.1 Å². The molecule has 0 fully saturated rings. The van der Waals surface area contributed by atoms with Gasteiger partial charge in [0.25, 0.3) is 0 Å². The summed E-state index contributed by atoms with van der Waals surface area (Å²) in [6, 6.07) is 7.35. The molecule has 18 heavy (non-hydrogen) atoms. The Labute approximate surface area is 106 Å². The summed E-state index contributed by atoms with van der Waals surface area (Å²) in [7, 11) is 0. The number of ketones is 1. The number of hydrogen-bond acceptors (Lipinski definition) is 4. The molecule has 0 saturated heterocycles. The van der Waals surface area contributed by atoms with Gasteiger partial charge in [-0.05, 0) is 24.6 Å². The van der Waals surface area contributed by atoms with Gasteiger partial charge in [0, 0.05) is 18.7 Å². The quantitative estimate of drug-likeness (QED) is 0.803. The van der Waals surface area contributed by atoms with Crippen molar-refractivity contribution in [3.8, 4) is 0 Å². The fraction of sp³-hybridized carbons (Fsp3) is 0.308. The third kappa shape index (κ3) is 2.94. The molecule has 0 atom stereocenters. The number of nitrogen functional groups attached to an aromatic ring is 1. The summed E-state index contributed by atoms with van der Waals surface area (Å²) in [5.74, 6) is 0.848. The molecule has 0 saturated carbocycles. The first-order chi connectivity index (χ1) is 8.69. The van der Waals surface area contributed by atoms with Crippen LogP contribution in [0.1, 0.15) is 18.3 Å². The number of benzene rings is 1. The van der Waals surface area contributed by atoms with E-state index < -0.39 is 0 Å². The number of aryl methyl sites for hydroxylation is 1. The fourth-order valence-electron chi connectivity index (χ4n) is 1.79. The standard InChI is InChI=1S/C13H16N4O/c1-2-17-13(15-9-16-17)8-12(18)7-10-3-5-11(14)6-4-10/h3-6,9H,2,7-8,14H2,1H3. The lowest BCUT2D eigenvalue weighted by atomic mass is 10.1. The number of anilines is 1. The first kappa shape index (κ1) is 12.3.